The molecule has 1 nitrogen and oxygen atoms in total. The molecule has 0 aromatic heterocycles. The van der Waals surface area contributed by atoms with Crippen molar-refractivity contribution in [2.24, 2.45) is 11.8 Å². The highest BCUT2D eigenvalue weighted by Crippen LogP contribution is 2.56. The van der Waals surface area contributed by atoms with Crippen molar-refractivity contribution in [2.45, 2.75) is 51.3 Å². The molecule has 3 atom stereocenters. The van der Waals surface area contributed by atoms with E-state index in [2.05, 4.69) is 0 Å². The Balaban J connectivity index is 0.000000461. The molecule has 0 heterocycles. The van der Waals surface area contributed by atoms with E-state index >= 15 is 0 Å². The van der Waals surface area contributed by atoms with Gasteiger partial charge in [0.1, 0.15) is 0 Å². The van der Waals surface area contributed by atoms with Crippen molar-refractivity contribution in [1.82, 2.24) is 0 Å². The Morgan fingerprint density at radius 2 is 1.79 bits per heavy atom. The fourth-order valence-electron chi connectivity index (χ4n) is 2.65. The molecule has 3 unspecified atom stereocenters. The summed E-state index contributed by atoms with van der Waals surface area (Å²) in [4.78, 5) is 0. The third-order valence-corrected chi connectivity index (χ3v) is 3.31. The smallest absolute Gasteiger partial charge is 0.380 e. The lowest BCUT2D eigenvalue weighted by molar-refractivity contribution is -0.276. The standard InChI is InChI=1S/C8H11F3O.C2H6/c9-8(10,11)7(12)4-5-1-2-6(7)3-5;1-2/h5-6,12H,1-4H2;1-2H3. The Hall–Kier alpha value is -0.250. The number of hydrogen-bond donors (Lipinski definition) is 1. The minimum atomic E-state index is -4.42. The summed E-state index contributed by atoms with van der Waals surface area (Å²) in [5, 5.41) is 9.39. The Labute approximate surface area is 82.3 Å². The van der Waals surface area contributed by atoms with Gasteiger partial charge in [-0.1, -0.05) is 13.8 Å². The summed E-state index contributed by atoms with van der Waals surface area (Å²) in [6.07, 6.45) is -2.52. The van der Waals surface area contributed by atoms with Crippen LogP contribution in [0.5, 0.6) is 0 Å². The summed E-state index contributed by atoms with van der Waals surface area (Å²) in [7, 11) is 0. The van der Waals surface area contributed by atoms with Gasteiger partial charge in [-0.2, -0.15) is 13.2 Å². The number of fused-ring (bicyclic) bond motifs is 2. The van der Waals surface area contributed by atoms with E-state index in [1.807, 2.05) is 13.8 Å². The maximum Gasteiger partial charge on any atom is 0.417 e. The molecule has 2 saturated carbocycles. The van der Waals surface area contributed by atoms with E-state index in [4.69, 9.17) is 0 Å². The lowest BCUT2D eigenvalue weighted by atomic mass is 9.84. The molecule has 2 rings (SSSR count). The quantitative estimate of drug-likeness (QED) is 0.651. The molecule has 14 heavy (non-hydrogen) atoms. The molecule has 0 saturated heterocycles. The van der Waals surface area contributed by atoms with Crippen LogP contribution >= 0.6 is 0 Å². The van der Waals surface area contributed by atoms with Crippen LogP contribution in [0.2, 0.25) is 0 Å². The zero-order chi connectivity index (χ0) is 11.0. The van der Waals surface area contributed by atoms with E-state index in [0.29, 0.717) is 12.8 Å². The van der Waals surface area contributed by atoms with E-state index in [0.717, 1.165) is 6.42 Å². The van der Waals surface area contributed by atoms with Crippen LogP contribution in [-0.4, -0.2) is 16.9 Å². The number of alkyl halides is 3. The third-order valence-electron chi connectivity index (χ3n) is 3.31. The highest BCUT2D eigenvalue weighted by atomic mass is 19.4. The van der Waals surface area contributed by atoms with Crippen molar-refractivity contribution in [3.63, 3.8) is 0 Å². The maximum atomic E-state index is 12.4. The highest BCUT2D eigenvalue weighted by molar-refractivity contribution is 5.04. The van der Waals surface area contributed by atoms with Crippen LogP contribution in [0, 0.1) is 11.8 Å². The van der Waals surface area contributed by atoms with E-state index in [1.54, 1.807) is 0 Å². The Morgan fingerprint density at radius 1 is 1.21 bits per heavy atom. The van der Waals surface area contributed by atoms with Crippen LogP contribution in [0.25, 0.3) is 0 Å². The van der Waals surface area contributed by atoms with Gasteiger partial charge < -0.3 is 5.11 Å². The minimum absolute atomic E-state index is 0.0683. The maximum absolute atomic E-state index is 12.4. The number of rotatable bonds is 0. The van der Waals surface area contributed by atoms with Crippen LogP contribution in [0.3, 0.4) is 0 Å². The second kappa shape index (κ2) is 3.72. The molecule has 1 N–H and O–H groups in total. The summed E-state index contributed by atoms with van der Waals surface area (Å²) < 4.78 is 37.1. The molecule has 0 aromatic rings. The van der Waals surface area contributed by atoms with Crippen LogP contribution in [-0.2, 0) is 0 Å². The molecule has 0 aliphatic heterocycles. The first kappa shape index (κ1) is 11.8. The molecule has 0 spiro atoms. The van der Waals surface area contributed by atoms with Crippen LogP contribution in [0.4, 0.5) is 13.2 Å². The topological polar surface area (TPSA) is 20.2 Å². The zero-order valence-electron chi connectivity index (χ0n) is 8.56. The second-order valence-electron chi connectivity index (χ2n) is 4.00. The predicted octanol–water partition coefficient (Wildman–Crippen LogP) is 3.13. The van der Waals surface area contributed by atoms with Gasteiger partial charge in [0.15, 0.2) is 5.60 Å². The molecular formula is C10H17F3O. The molecule has 2 aliphatic rings. The molecule has 2 bridgehead atoms. The third kappa shape index (κ3) is 1.64. The van der Waals surface area contributed by atoms with E-state index in [9.17, 15) is 18.3 Å². The Kier molecular flexibility index (Phi) is 3.14. The van der Waals surface area contributed by atoms with Gasteiger partial charge in [0.25, 0.3) is 0 Å². The van der Waals surface area contributed by atoms with Gasteiger partial charge in [-0.3, -0.25) is 0 Å². The number of hydrogen-bond acceptors (Lipinski definition) is 1. The van der Waals surface area contributed by atoms with Gasteiger partial charge in [-0.05, 0) is 37.5 Å². The van der Waals surface area contributed by atoms with Crippen molar-refractivity contribution in [1.29, 1.82) is 0 Å². The average molecular weight is 210 g/mol. The summed E-state index contributed by atoms with van der Waals surface area (Å²) in [6.45, 7) is 4.00. The van der Waals surface area contributed by atoms with Crippen LogP contribution < -0.4 is 0 Å². The SMILES string of the molecule is CC.OC1(C(F)(F)F)CC2CCC1C2. The number of aliphatic hydroxyl groups is 1. The van der Waals surface area contributed by atoms with E-state index in [1.165, 1.54) is 0 Å². The first-order valence-corrected chi connectivity index (χ1v) is 5.22. The predicted molar refractivity (Wildman–Crippen MR) is 47.8 cm³/mol. The Morgan fingerprint density at radius 3 is 2.00 bits per heavy atom. The highest BCUT2D eigenvalue weighted by Gasteiger charge is 2.64. The van der Waals surface area contributed by atoms with Crippen molar-refractivity contribution < 1.29 is 18.3 Å². The first-order valence-electron chi connectivity index (χ1n) is 5.22. The van der Waals surface area contributed by atoms with Crippen molar-refractivity contribution in [3.8, 4) is 0 Å². The molecule has 84 valence electrons. The fourth-order valence-corrected chi connectivity index (χ4v) is 2.65. The normalized spacial score (nSPS) is 40.7. The molecule has 2 aliphatic carbocycles. The zero-order valence-corrected chi connectivity index (χ0v) is 8.56. The van der Waals surface area contributed by atoms with Gasteiger partial charge in [-0.15, -0.1) is 0 Å². The van der Waals surface area contributed by atoms with Crippen molar-refractivity contribution in [2.75, 3.05) is 0 Å². The summed E-state index contributed by atoms with van der Waals surface area (Å²) >= 11 is 0. The average Bonchev–Trinajstić information content (AvgIpc) is 2.65. The van der Waals surface area contributed by atoms with E-state index in [-0.39, 0.29) is 12.3 Å². The molecular weight excluding hydrogens is 193 g/mol. The number of halogens is 3. The fraction of sp³-hybridized carbons (Fsp3) is 1.00. The monoisotopic (exact) mass is 210 g/mol. The van der Waals surface area contributed by atoms with E-state index < -0.39 is 17.7 Å². The molecule has 4 heteroatoms. The van der Waals surface area contributed by atoms with Crippen molar-refractivity contribution in [3.05, 3.63) is 0 Å². The molecule has 0 amide bonds. The Bertz CT molecular complexity index is 202. The minimum Gasteiger partial charge on any atom is -0.380 e. The summed E-state index contributed by atoms with van der Waals surface area (Å²) in [5.74, 6) is -0.413. The van der Waals surface area contributed by atoms with Crippen LogP contribution in [0.1, 0.15) is 39.5 Å². The van der Waals surface area contributed by atoms with Crippen molar-refractivity contribution >= 4 is 0 Å². The molecule has 0 radical (unpaired) electrons. The largest absolute Gasteiger partial charge is 0.417 e. The van der Waals surface area contributed by atoms with Crippen LogP contribution in [0.15, 0.2) is 0 Å². The van der Waals surface area contributed by atoms with Gasteiger partial charge in [0.05, 0.1) is 0 Å². The van der Waals surface area contributed by atoms with Gasteiger partial charge in [-0.25, -0.2) is 0 Å². The molecule has 2 fully saturated rings. The summed E-state index contributed by atoms with van der Waals surface area (Å²) in [6, 6.07) is 0. The lowest BCUT2D eigenvalue weighted by Gasteiger charge is -2.34. The lowest BCUT2D eigenvalue weighted by Crippen LogP contribution is -2.49. The first-order chi connectivity index (χ1) is 6.43. The van der Waals surface area contributed by atoms with Gasteiger partial charge in [0.2, 0.25) is 0 Å². The van der Waals surface area contributed by atoms with Gasteiger partial charge in [0, 0.05) is 0 Å². The second-order valence-corrected chi connectivity index (χ2v) is 4.00. The summed E-state index contributed by atoms with van der Waals surface area (Å²) in [5.41, 5.74) is -2.35. The van der Waals surface area contributed by atoms with Gasteiger partial charge >= 0.3 is 6.18 Å². The molecule has 0 aromatic carbocycles.